The normalized spacial score (nSPS) is 6.37. The Bertz CT molecular complexity index is 431. The minimum atomic E-state index is -0.138. The molecule has 6 N–H and O–H groups in total. The van der Waals surface area contributed by atoms with Crippen LogP contribution < -0.4 is 0 Å². The van der Waals surface area contributed by atoms with E-state index in [1.54, 1.807) is 6.92 Å². The van der Waals surface area contributed by atoms with Gasteiger partial charge in [-0.05, 0) is 6.92 Å². The second-order valence-electron chi connectivity index (χ2n) is 2.42. The minimum Gasteiger partial charge on any atom is -0.508 e. The standard InChI is InChI=1S/C7H8O3.3CHNO/c1-4-6(9)2-5(8)3-7(4)10;3*2-1-3/h2-3,8-10H,1H3;3*2H. The maximum absolute atomic E-state index is 8.96. The Balaban J connectivity index is -0.000000238. The molecule has 0 aliphatic carbocycles. The topological polar surface area (TPSA) is 183 Å². The molecular weight excluding hydrogens is 258 g/mol. The molecule has 0 radical (unpaired) electrons. The molecule has 9 heteroatoms. The van der Waals surface area contributed by atoms with E-state index < -0.39 is 0 Å². The molecule has 0 amide bonds. The molecule has 1 aromatic carbocycles. The maximum Gasteiger partial charge on any atom is 0.231 e. The molecule has 0 saturated carbocycles. The van der Waals surface area contributed by atoms with Crippen LogP contribution in [-0.2, 0) is 14.4 Å². The van der Waals surface area contributed by atoms with Gasteiger partial charge >= 0.3 is 0 Å². The van der Waals surface area contributed by atoms with Crippen molar-refractivity contribution in [2.45, 2.75) is 6.92 Å². The van der Waals surface area contributed by atoms with Crippen molar-refractivity contribution in [3.8, 4) is 17.2 Å². The molecule has 1 rings (SSSR count). The Kier molecular flexibility index (Phi) is 16.4. The van der Waals surface area contributed by atoms with E-state index in [-0.39, 0.29) is 17.2 Å². The second kappa shape index (κ2) is 14.8. The highest BCUT2D eigenvalue weighted by atomic mass is 16.3. The molecule has 0 fully saturated rings. The van der Waals surface area contributed by atoms with Gasteiger partial charge in [-0.15, -0.1) is 0 Å². The fraction of sp³-hybridized carbons (Fsp3) is 0.100. The molecule has 0 unspecified atom stereocenters. The van der Waals surface area contributed by atoms with Crippen molar-refractivity contribution in [2.75, 3.05) is 0 Å². The van der Waals surface area contributed by atoms with Gasteiger partial charge in [0.25, 0.3) is 0 Å². The molecule has 9 nitrogen and oxygen atoms in total. The number of aromatic hydroxyl groups is 3. The van der Waals surface area contributed by atoms with E-state index in [1.165, 1.54) is 12.1 Å². The molecule has 0 bridgehead atoms. The van der Waals surface area contributed by atoms with Crippen LogP contribution in [0.15, 0.2) is 12.1 Å². The summed E-state index contributed by atoms with van der Waals surface area (Å²) in [6, 6.07) is 2.35. The van der Waals surface area contributed by atoms with Gasteiger partial charge in [-0.2, -0.15) is 0 Å². The lowest BCUT2D eigenvalue weighted by molar-refractivity contribution is 0.422. The maximum atomic E-state index is 8.96. The van der Waals surface area contributed by atoms with Crippen molar-refractivity contribution in [3.05, 3.63) is 17.7 Å². The SMILES string of the molecule is Cc1c(O)cc(O)cc1O.N=C=O.N=C=O.N=C=O. The first-order valence-electron chi connectivity index (χ1n) is 4.19. The Morgan fingerprint density at radius 3 is 1.26 bits per heavy atom. The zero-order valence-electron chi connectivity index (χ0n) is 9.72. The predicted octanol–water partition coefficient (Wildman–Crippen LogP) is 0.815. The first kappa shape index (κ1) is 21.1. The summed E-state index contributed by atoms with van der Waals surface area (Å²) in [4.78, 5) is 25.0. The summed E-state index contributed by atoms with van der Waals surface area (Å²) in [6.45, 7) is 1.56. The quantitative estimate of drug-likeness (QED) is 0.299. The molecule has 0 aliphatic rings. The molecule has 1 aromatic rings. The van der Waals surface area contributed by atoms with Crippen LogP contribution in [0.2, 0.25) is 0 Å². The van der Waals surface area contributed by atoms with E-state index in [1.807, 2.05) is 0 Å². The van der Waals surface area contributed by atoms with E-state index in [0.717, 1.165) is 18.2 Å². The van der Waals surface area contributed by atoms with Crippen LogP contribution in [0.25, 0.3) is 0 Å². The van der Waals surface area contributed by atoms with Gasteiger partial charge in [0.15, 0.2) is 0 Å². The van der Waals surface area contributed by atoms with Crippen molar-refractivity contribution in [3.63, 3.8) is 0 Å². The third-order valence-electron chi connectivity index (χ3n) is 1.34. The third kappa shape index (κ3) is 14.8. The van der Waals surface area contributed by atoms with Gasteiger partial charge in [-0.1, -0.05) is 0 Å². The van der Waals surface area contributed by atoms with Gasteiger partial charge in [0, 0.05) is 17.7 Å². The first-order valence-corrected chi connectivity index (χ1v) is 4.19. The largest absolute Gasteiger partial charge is 0.508 e. The van der Waals surface area contributed by atoms with Crippen molar-refractivity contribution >= 4 is 18.2 Å². The second-order valence-corrected chi connectivity index (χ2v) is 2.42. The van der Waals surface area contributed by atoms with Crippen LogP contribution in [0.3, 0.4) is 0 Å². The van der Waals surface area contributed by atoms with Gasteiger partial charge in [0.2, 0.25) is 18.2 Å². The number of rotatable bonds is 0. The lowest BCUT2D eigenvalue weighted by Crippen LogP contribution is -1.75. The van der Waals surface area contributed by atoms with Gasteiger partial charge in [0.05, 0.1) is 0 Å². The zero-order chi connectivity index (χ0) is 15.8. The molecule has 19 heavy (non-hydrogen) atoms. The molecule has 0 spiro atoms. The Hall–Kier alpha value is -3.24. The Labute approximate surface area is 107 Å². The van der Waals surface area contributed by atoms with E-state index in [4.69, 9.17) is 45.9 Å². The van der Waals surface area contributed by atoms with Crippen molar-refractivity contribution < 1.29 is 29.7 Å². The summed E-state index contributed by atoms with van der Waals surface area (Å²) in [5.41, 5.74) is 0.373. The van der Waals surface area contributed by atoms with E-state index in [2.05, 4.69) is 0 Å². The highest BCUT2D eigenvalue weighted by molar-refractivity contribution is 5.47. The number of benzene rings is 1. The van der Waals surface area contributed by atoms with Crippen molar-refractivity contribution in [2.24, 2.45) is 0 Å². The summed E-state index contributed by atoms with van der Waals surface area (Å²) in [5, 5.41) is 42.9. The number of isocyanates is 3. The third-order valence-corrected chi connectivity index (χ3v) is 1.34. The van der Waals surface area contributed by atoms with Crippen molar-refractivity contribution in [1.82, 2.24) is 0 Å². The molecule has 0 aliphatic heterocycles. The van der Waals surface area contributed by atoms with E-state index in [9.17, 15) is 0 Å². The highest BCUT2D eigenvalue weighted by Crippen LogP contribution is 2.30. The number of hydrogen-bond acceptors (Lipinski definition) is 9. The fourth-order valence-corrected chi connectivity index (χ4v) is 0.670. The lowest BCUT2D eigenvalue weighted by Gasteiger charge is -2.01. The number of nitrogens with one attached hydrogen (secondary N) is 3. The van der Waals surface area contributed by atoms with E-state index >= 15 is 0 Å². The zero-order valence-corrected chi connectivity index (χ0v) is 9.72. The van der Waals surface area contributed by atoms with Crippen molar-refractivity contribution in [1.29, 1.82) is 16.2 Å². The van der Waals surface area contributed by atoms with E-state index in [0.29, 0.717) is 5.56 Å². The highest BCUT2D eigenvalue weighted by Gasteiger charge is 2.02. The summed E-state index contributed by atoms with van der Waals surface area (Å²) >= 11 is 0. The van der Waals surface area contributed by atoms with Gasteiger partial charge in [-0.25, -0.2) is 30.6 Å². The minimum absolute atomic E-state index is 0.0995. The van der Waals surface area contributed by atoms with Crippen LogP contribution in [-0.4, -0.2) is 33.6 Å². The first-order chi connectivity index (χ1) is 8.85. The summed E-state index contributed by atoms with van der Waals surface area (Å²) in [7, 11) is 0. The average Bonchev–Trinajstić information content (AvgIpc) is 2.29. The van der Waals surface area contributed by atoms with Crippen LogP contribution in [0.1, 0.15) is 5.56 Å². The predicted molar refractivity (Wildman–Crippen MR) is 61.4 cm³/mol. The number of phenols is 3. The van der Waals surface area contributed by atoms with Gasteiger partial charge in [-0.3, -0.25) is 0 Å². The fourth-order valence-electron chi connectivity index (χ4n) is 0.670. The number of carbonyl (C=O) groups excluding carboxylic acids is 3. The summed E-state index contributed by atoms with van der Waals surface area (Å²) in [6.07, 6.45) is 2.25. The monoisotopic (exact) mass is 269 g/mol. The Morgan fingerprint density at radius 1 is 0.842 bits per heavy atom. The molecular formula is C10H11N3O6. The smallest absolute Gasteiger partial charge is 0.231 e. The van der Waals surface area contributed by atoms with Gasteiger partial charge in [0.1, 0.15) is 17.2 Å². The molecule has 0 saturated heterocycles. The van der Waals surface area contributed by atoms with Crippen LogP contribution in [0.5, 0.6) is 17.2 Å². The molecule has 0 aromatic heterocycles. The van der Waals surface area contributed by atoms with Crippen LogP contribution >= 0.6 is 0 Å². The lowest BCUT2D eigenvalue weighted by atomic mass is 10.2. The molecule has 0 atom stereocenters. The van der Waals surface area contributed by atoms with Crippen LogP contribution in [0, 0.1) is 23.2 Å². The number of phenolic OH excluding ortho intramolecular Hbond substituents is 3. The molecule has 0 heterocycles. The summed E-state index contributed by atoms with van der Waals surface area (Å²) in [5.74, 6) is -0.337. The Morgan fingerprint density at radius 2 is 1.05 bits per heavy atom. The summed E-state index contributed by atoms with van der Waals surface area (Å²) < 4.78 is 0. The number of hydrogen-bond donors (Lipinski definition) is 6. The molecule has 102 valence electrons. The average molecular weight is 269 g/mol. The van der Waals surface area contributed by atoms with Gasteiger partial charge < -0.3 is 15.3 Å². The van der Waals surface area contributed by atoms with Crippen LogP contribution in [0.4, 0.5) is 0 Å².